The van der Waals surface area contributed by atoms with Gasteiger partial charge in [-0.1, -0.05) is 33.1 Å². The van der Waals surface area contributed by atoms with Gasteiger partial charge in [-0.25, -0.2) is 0 Å². The lowest BCUT2D eigenvalue weighted by Gasteiger charge is -2.31. The monoisotopic (exact) mass is 156 g/mol. The van der Waals surface area contributed by atoms with Crippen molar-refractivity contribution in [2.75, 3.05) is 0 Å². The highest BCUT2D eigenvalue weighted by Crippen LogP contribution is 2.32. The molecule has 0 heterocycles. The highest BCUT2D eigenvalue weighted by Gasteiger charge is 2.26. The molecule has 1 saturated carbocycles. The SMILES string of the molecule is CC[C@@H]1CC[C@@H](CC)[C@H](O)C1. The predicted octanol–water partition coefficient (Wildman–Crippen LogP) is 2.58. The van der Waals surface area contributed by atoms with Gasteiger partial charge in [0.25, 0.3) is 0 Å². The van der Waals surface area contributed by atoms with Crippen molar-refractivity contribution in [2.24, 2.45) is 11.8 Å². The van der Waals surface area contributed by atoms with E-state index in [4.69, 9.17) is 0 Å². The number of aliphatic hydroxyl groups is 1. The topological polar surface area (TPSA) is 20.2 Å². The molecule has 1 fully saturated rings. The molecule has 1 N–H and O–H groups in total. The summed E-state index contributed by atoms with van der Waals surface area (Å²) in [6.45, 7) is 4.41. The maximum Gasteiger partial charge on any atom is 0.0570 e. The van der Waals surface area contributed by atoms with E-state index in [1.165, 1.54) is 19.3 Å². The second-order valence-electron chi connectivity index (χ2n) is 3.82. The molecule has 0 aromatic carbocycles. The van der Waals surface area contributed by atoms with Crippen LogP contribution in [0.2, 0.25) is 0 Å². The van der Waals surface area contributed by atoms with E-state index in [1.54, 1.807) is 0 Å². The Labute approximate surface area is 69.8 Å². The third kappa shape index (κ3) is 2.19. The van der Waals surface area contributed by atoms with Gasteiger partial charge in [0.2, 0.25) is 0 Å². The van der Waals surface area contributed by atoms with Gasteiger partial charge in [0.1, 0.15) is 0 Å². The van der Waals surface area contributed by atoms with E-state index in [-0.39, 0.29) is 6.10 Å². The lowest BCUT2D eigenvalue weighted by atomic mass is 9.78. The Kier molecular flexibility index (Phi) is 3.38. The molecule has 11 heavy (non-hydrogen) atoms. The van der Waals surface area contributed by atoms with Gasteiger partial charge in [-0.05, 0) is 24.7 Å². The fourth-order valence-corrected chi connectivity index (χ4v) is 2.14. The van der Waals surface area contributed by atoms with E-state index < -0.39 is 0 Å². The molecule has 1 aliphatic rings. The Morgan fingerprint density at radius 2 is 1.91 bits per heavy atom. The first kappa shape index (κ1) is 9.05. The average molecular weight is 156 g/mol. The summed E-state index contributed by atoms with van der Waals surface area (Å²) in [5, 5.41) is 9.67. The summed E-state index contributed by atoms with van der Waals surface area (Å²) < 4.78 is 0. The molecular weight excluding hydrogens is 136 g/mol. The van der Waals surface area contributed by atoms with Gasteiger partial charge < -0.3 is 5.11 Å². The molecule has 66 valence electrons. The first-order valence-corrected chi connectivity index (χ1v) is 4.96. The van der Waals surface area contributed by atoms with Crippen LogP contribution in [0, 0.1) is 11.8 Å². The molecule has 0 spiro atoms. The molecule has 0 saturated heterocycles. The number of rotatable bonds is 2. The minimum atomic E-state index is -0.00120. The van der Waals surface area contributed by atoms with E-state index in [1.807, 2.05) is 0 Å². The zero-order chi connectivity index (χ0) is 8.27. The Morgan fingerprint density at radius 1 is 1.18 bits per heavy atom. The van der Waals surface area contributed by atoms with E-state index in [9.17, 15) is 5.11 Å². The largest absolute Gasteiger partial charge is 0.393 e. The van der Waals surface area contributed by atoms with Gasteiger partial charge in [-0.15, -0.1) is 0 Å². The van der Waals surface area contributed by atoms with Gasteiger partial charge in [0, 0.05) is 0 Å². The van der Waals surface area contributed by atoms with Crippen LogP contribution in [0.25, 0.3) is 0 Å². The van der Waals surface area contributed by atoms with E-state index in [2.05, 4.69) is 13.8 Å². The lowest BCUT2D eigenvalue weighted by molar-refractivity contribution is 0.0421. The fourth-order valence-electron chi connectivity index (χ4n) is 2.14. The smallest absolute Gasteiger partial charge is 0.0570 e. The van der Waals surface area contributed by atoms with Gasteiger partial charge >= 0.3 is 0 Å². The van der Waals surface area contributed by atoms with Crippen molar-refractivity contribution in [3.05, 3.63) is 0 Å². The van der Waals surface area contributed by atoms with Gasteiger partial charge in [-0.3, -0.25) is 0 Å². The molecule has 1 aliphatic carbocycles. The highest BCUT2D eigenvalue weighted by molar-refractivity contribution is 4.78. The van der Waals surface area contributed by atoms with Crippen molar-refractivity contribution in [2.45, 2.75) is 52.1 Å². The van der Waals surface area contributed by atoms with Crippen molar-refractivity contribution in [1.82, 2.24) is 0 Å². The lowest BCUT2D eigenvalue weighted by Crippen LogP contribution is -2.28. The molecule has 0 unspecified atom stereocenters. The maximum atomic E-state index is 9.67. The third-order valence-electron chi connectivity index (χ3n) is 3.17. The summed E-state index contributed by atoms with van der Waals surface area (Å²) in [7, 11) is 0. The fraction of sp³-hybridized carbons (Fsp3) is 1.00. The molecule has 0 radical (unpaired) electrons. The Morgan fingerprint density at radius 3 is 2.36 bits per heavy atom. The first-order chi connectivity index (χ1) is 5.27. The van der Waals surface area contributed by atoms with Crippen molar-refractivity contribution in [1.29, 1.82) is 0 Å². The maximum absolute atomic E-state index is 9.67. The quantitative estimate of drug-likeness (QED) is 0.651. The van der Waals surface area contributed by atoms with Crippen LogP contribution < -0.4 is 0 Å². The molecule has 3 atom stereocenters. The van der Waals surface area contributed by atoms with Gasteiger partial charge in [-0.2, -0.15) is 0 Å². The summed E-state index contributed by atoms with van der Waals surface area (Å²) in [6, 6.07) is 0. The average Bonchev–Trinajstić information content (AvgIpc) is 2.04. The van der Waals surface area contributed by atoms with Crippen LogP contribution in [0.3, 0.4) is 0 Å². The first-order valence-electron chi connectivity index (χ1n) is 4.96. The van der Waals surface area contributed by atoms with Crippen molar-refractivity contribution >= 4 is 0 Å². The number of hydrogen-bond donors (Lipinski definition) is 1. The molecule has 0 aromatic rings. The minimum Gasteiger partial charge on any atom is -0.393 e. The summed E-state index contributed by atoms with van der Waals surface area (Å²) in [5.41, 5.74) is 0. The number of aliphatic hydroxyl groups excluding tert-OH is 1. The predicted molar refractivity (Wildman–Crippen MR) is 47.4 cm³/mol. The number of hydrogen-bond acceptors (Lipinski definition) is 1. The minimum absolute atomic E-state index is 0.00120. The molecular formula is C10H20O. The summed E-state index contributed by atoms with van der Waals surface area (Å²) in [6.07, 6.45) is 6.03. The Balaban J connectivity index is 2.34. The van der Waals surface area contributed by atoms with Crippen LogP contribution in [0.1, 0.15) is 46.0 Å². The van der Waals surface area contributed by atoms with Gasteiger partial charge in [0.15, 0.2) is 0 Å². The van der Waals surface area contributed by atoms with Crippen LogP contribution in [0.15, 0.2) is 0 Å². The molecule has 0 amide bonds. The van der Waals surface area contributed by atoms with Crippen LogP contribution in [-0.2, 0) is 0 Å². The Bertz CT molecular complexity index is 111. The van der Waals surface area contributed by atoms with Gasteiger partial charge in [0.05, 0.1) is 6.10 Å². The second-order valence-corrected chi connectivity index (χ2v) is 3.82. The van der Waals surface area contributed by atoms with Crippen LogP contribution in [-0.4, -0.2) is 11.2 Å². The normalized spacial score (nSPS) is 39.0. The van der Waals surface area contributed by atoms with E-state index in [0.717, 1.165) is 18.8 Å². The molecule has 0 aliphatic heterocycles. The zero-order valence-corrected chi connectivity index (χ0v) is 7.71. The molecule has 1 rings (SSSR count). The standard InChI is InChI=1S/C10H20O/c1-3-8-5-6-9(4-2)10(11)7-8/h8-11H,3-7H2,1-2H3/t8-,9-,10-/m1/s1. The molecule has 1 heteroatoms. The third-order valence-corrected chi connectivity index (χ3v) is 3.17. The van der Waals surface area contributed by atoms with E-state index >= 15 is 0 Å². The van der Waals surface area contributed by atoms with Crippen molar-refractivity contribution in [3.63, 3.8) is 0 Å². The highest BCUT2D eigenvalue weighted by atomic mass is 16.3. The van der Waals surface area contributed by atoms with Crippen LogP contribution in [0.5, 0.6) is 0 Å². The second kappa shape index (κ2) is 4.10. The van der Waals surface area contributed by atoms with Crippen LogP contribution in [0.4, 0.5) is 0 Å². The van der Waals surface area contributed by atoms with E-state index in [0.29, 0.717) is 5.92 Å². The molecule has 1 nitrogen and oxygen atoms in total. The zero-order valence-electron chi connectivity index (χ0n) is 7.71. The molecule has 0 aromatic heterocycles. The summed E-state index contributed by atoms with van der Waals surface area (Å²) in [4.78, 5) is 0. The van der Waals surface area contributed by atoms with Crippen LogP contribution >= 0.6 is 0 Å². The summed E-state index contributed by atoms with van der Waals surface area (Å²) >= 11 is 0. The van der Waals surface area contributed by atoms with Crippen molar-refractivity contribution < 1.29 is 5.11 Å². The Hall–Kier alpha value is -0.0400. The summed E-state index contributed by atoms with van der Waals surface area (Å²) in [5.74, 6) is 1.39. The van der Waals surface area contributed by atoms with Crippen molar-refractivity contribution in [3.8, 4) is 0 Å². The molecule has 0 bridgehead atoms.